The van der Waals surface area contributed by atoms with Crippen molar-refractivity contribution in [1.29, 1.82) is 0 Å². The van der Waals surface area contributed by atoms with Gasteiger partial charge in [0.15, 0.2) is 0 Å². The van der Waals surface area contributed by atoms with Crippen molar-refractivity contribution in [3.05, 3.63) is 22.2 Å². The van der Waals surface area contributed by atoms with E-state index < -0.39 is 0 Å². The first kappa shape index (κ1) is 12.3. The van der Waals surface area contributed by atoms with Gasteiger partial charge >= 0.3 is 0 Å². The second kappa shape index (κ2) is 5.37. The molecule has 0 spiro atoms. The van der Waals surface area contributed by atoms with Gasteiger partial charge in [0, 0.05) is 12.2 Å². The van der Waals surface area contributed by atoms with Crippen LogP contribution in [0.25, 0.3) is 0 Å². The number of nitrogens with two attached hydrogens (primary N) is 1. The summed E-state index contributed by atoms with van der Waals surface area (Å²) in [5.41, 5.74) is 7.59. The Balaban J connectivity index is 2.65. The van der Waals surface area contributed by atoms with Gasteiger partial charge in [0.05, 0.1) is 4.47 Å². The third-order valence-corrected chi connectivity index (χ3v) is 2.74. The minimum absolute atomic E-state index is 0.676. The van der Waals surface area contributed by atoms with E-state index in [0.717, 1.165) is 28.0 Å². The van der Waals surface area contributed by atoms with Crippen molar-refractivity contribution in [2.24, 2.45) is 0 Å². The molecule has 0 heterocycles. The lowest BCUT2D eigenvalue weighted by atomic mass is 10.2. The maximum atomic E-state index is 5.77. The summed E-state index contributed by atoms with van der Waals surface area (Å²) in [6.07, 6.45) is 0. The molecule has 0 aliphatic carbocycles. The summed E-state index contributed by atoms with van der Waals surface area (Å²) in [4.78, 5) is 2.08. The molecule has 0 saturated carbocycles. The van der Waals surface area contributed by atoms with Gasteiger partial charge in [-0.25, -0.2) is 0 Å². The predicted octanol–water partition coefficient (Wildman–Crippen LogP) is 2.28. The SMILES string of the molecule is Cc1cc(OCCN(C)C)c(Br)cc1N. The van der Waals surface area contributed by atoms with E-state index in [4.69, 9.17) is 10.5 Å². The summed E-state index contributed by atoms with van der Waals surface area (Å²) in [6.45, 7) is 3.55. The largest absolute Gasteiger partial charge is 0.491 e. The molecule has 0 radical (unpaired) electrons. The Morgan fingerprint density at radius 2 is 2.07 bits per heavy atom. The highest BCUT2D eigenvalue weighted by molar-refractivity contribution is 9.10. The van der Waals surface area contributed by atoms with Gasteiger partial charge < -0.3 is 15.4 Å². The highest BCUT2D eigenvalue weighted by atomic mass is 79.9. The lowest BCUT2D eigenvalue weighted by Gasteiger charge is -2.13. The second-order valence-electron chi connectivity index (χ2n) is 3.79. The molecule has 0 aromatic heterocycles. The zero-order valence-electron chi connectivity index (χ0n) is 9.38. The third kappa shape index (κ3) is 3.72. The van der Waals surface area contributed by atoms with Gasteiger partial charge in [-0.05, 0) is 54.6 Å². The predicted molar refractivity (Wildman–Crippen MR) is 67.3 cm³/mol. The van der Waals surface area contributed by atoms with Gasteiger partial charge in [-0.2, -0.15) is 0 Å². The Bertz CT molecular complexity index is 340. The Hall–Kier alpha value is -0.740. The average Bonchev–Trinajstić information content (AvgIpc) is 2.13. The fourth-order valence-corrected chi connectivity index (χ4v) is 1.59. The maximum Gasteiger partial charge on any atom is 0.133 e. The number of rotatable bonds is 4. The molecule has 0 atom stereocenters. The van der Waals surface area contributed by atoms with Crippen molar-refractivity contribution in [3.63, 3.8) is 0 Å². The van der Waals surface area contributed by atoms with Crippen LogP contribution in [0.1, 0.15) is 5.56 Å². The molecule has 1 rings (SSSR count). The number of ether oxygens (including phenoxy) is 1. The molecule has 0 fully saturated rings. The Morgan fingerprint density at radius 3 is 2.67 bits per heavy atom. The molecular weight excluding hydrogens is 256 g/mol. The average molecular weight is 273 g/mol. The van der Waals surface area contributed by atoms with Crippen molar-refractivity contribution in [2.45, 2.75) is 6.92 Å². The van der Waals surface area contributed by atoms with Gasteiger partial charge in [0.25, 0.3) is 0 Å². The minimum atomic E-state index is 0.676. The lowest BCUT2D eigenvalue weighted by Crippen LogP contribution is -2.19. The summed E-state index contributed by atoms with van der Waals surface area (Å²) in [5, 5.41) is 0. The van der Waals surface area contributed by atoms with Crippen molar-refractivity contribution in [1.82, 2.24) is 4.90 Å². The number of anilines is 1. The van der Waals surface area contributed by atoms with Crippen LogP contribution in [0.2, 0.25) is 0 Å². The number of halogens is 1. The van der Waals surface area contributed by atoms with Crippen LogP contribution in [0.15, 0.2) is 16.6 Å². The highest BCUT2D eigenvalue weighted by Gasteiger charge is 2.04. The van der Waals surface area contributed by atoms with Crippen LogP contribution in [0.4, 0.5) is 5.69 Å². The molecule has 1 aromatic carbocycles. The zero-order valence-corrected chi connectivity index (χ0v) is 11.0. The smallest absolute Gasteiger partial charge is 0.133 e. The number of benzene rings is 1. The first-order chi connectivity index (χ1) is 7.00. The van der Waals surface area contributed by atoms with Crippen LogP contribution >= 0.6 is 15.9 Å². The van der Waals surface area contributed by atoms with Crippen molar-refractivity contribution >= 4 is 21.6 Å². The molecule has 3 nitrogen and oxygen atoms in total. The topological polar surface area (TPSA) is 38.5 Å². The van der Waals surface area contributed by atoms with Gasteiger partial charge in [0.2, 0.25) is 0 Å². The van der Waals surface area contributed by atoms with E-state index in [-0.39, 0.29) is 0 Å². The number of hydrogen-bond donors (Lipinski definition) is 1. The number of nitrogens with zero attached hydrogens (tertiary/aromatic N) is 1. The van der Waals surface area contributed by atoms with E-state index in [2.05, 4.69) is 20.8 Å². The van der Waals surface area contributed by atoms with Crippen LogP contribution in [0.3, 0.4) is 0 Å². The van der Waals surface area contributed by atoms with E-state index >= 15 is 0 Å². The van der Waals surface area contributed by atoms with Crippen LogP contribution in [-0.2, 0) is 0 Å². The summed E-state index contributed by atoms with van der Waals surface area (Å²) < 4.78 is 6.55. The molecule has 0 aliphatic rings. The van der Waals surface area contributed by atoms with E-state index in [1.54, 1.807) is 0 Å². The first-order valence-electron chi connectivity index (χ1n) is 4.84. The van der Waals surface area contributed by atoms with Crippen LogP contribution in [0, 0.1) is 6.92 Å². The fraction of sp³-hybridized carbons (Fsp3) is 0.455. The molecule has 0 bridgehead atoms. The Morgan fingerprint density at radius 1 is 1.40 bits per heavy atom. The maximum absolute atomic E-state index is 5.77. The minimum Gasteiger partial charge on any atom is -0.491 e. The molecule has 2 N–H and O–H groups in total. The first-order valence-corrected chi connectivity index (χ1v) is 5.63. The lowest BCUT2D eigenvalue weighted by molar-refractivity contribution is 0.260. The number of hydrogen-bond acceptors (Lipinski definition) is 3. The van der Waals surface area contributed by atoms with Gasteiger partial charge in [-0.15, -0.1) is 0 Å². The number of nitrogen functional groups attached to an aromatic ring is 1. The van der Waals surface area contributed by atoms with Crippen LogP contribution in [-0.4, -0.2) is 32.1 Å². The van der Waals surface area contributed by atoms with Crippen molar-refractivity contribution in [2.75, 3.05) is 33.0 Å². The number of likely N-dealkylation sites (N-methyl/N-ethyl adjacent to an activating group) is 1. The molecular formula is C11H17BrN2O. The summed E-state index contributed by atoms with van der Waals surface area (Å²) in [6, 6.07) is 3.83. The third-order valence-electron chi connectivity index (χ3n) is 2.12. The van der Waals surface area contributed by atoms with E-state index in [1.165, 1.54) is 0 Å². The van der Waals surface area contributed by atoms with Crippen LogP contribution < -0.4 is 10.5 Å². The number of aryl methyl sites for hydroxylation is 1. The fourth-order valence-electron chi connectivity index (χ4n) is 1.12. The summed E-state index contributed by atoms with van der Waals surface area (Å²) in [5.74, 6) is 0.851. The van der Waals surface area contributed by atoms with Crippen molar-refractivity contribution in [3.8, 4) is 5.75 Å². The molecule has 4 heteroatoms. The molecule has 1 aromatic rings. The normalized spacial score (nSPS) is 10.7. The van der Waals surface area contributed by atoms with E-state index in [9.17, 15) is 0 Å². The van der Waals surface area contributed by atoms with Crippen molar-refractivity contribution < 1.29 is 4.74 Å². The van der Waals surface area contributed by atoms with Gasteiger partial charge in [-0.3, -0.25) is 0 Å². The second-order valence-corrected chi connectivity index (χ2v) is 4.65. The Labute approximate surface area is 99.3 Å². The zero-order chi connectivity index (χ0) is 11.4. The van der Waals surface area contributed by atoms with Gasteiger partial charge in [-0.1, -0.05) is 0 Å². The van der Waals surface area contributed by atoms with E-state index in [1.807, 2.05) is 33.2 Å². The molecule has 0 amide bonds. The van der Waals surface area contributed by atoms with Gasteiger partial charge in [0.1, 0.15) is 12.4 Å². The molecule has 0 unspecified atom stereocenters. The molecule has 0 aliphatic heterocycles. The molecule has 0 saturated heterocycles. The Kier molecular flexibility index (Phi) is 4.42. The van der Waals surface area contributed by atoms with Crippen LogP contribution in [0.5, 0.6) is 5.75 Å². The van der Waals surface area contributed by atoms with E-state index in [0.29, 0.717) is 6.61 Å². The monoisotopic (exact) mass is 272 g/mol. The standard InChI is InChI=1S/C11H17BrN2O/c1-8-6-11(9(12)7-10(8)13)15-5-4-14(2)3/h6-7H,4-5,13H2,1-3H3. The summed E-state index contributed by atoms with van der Waals surface area (Å²) >= 11 is 3.43. The molecule has 15 heavy (non-hydrogen) atoms. The molecule has 84 valence electrons. The summed E-state index contributed by atoms with van der Waals surface area (Å²) in [7, 11) is 4.04. The quantitative estimate of drug-likeness (QED) is 0.855. The highest BCUT2D eigenvalue weighted by Crippen LogP contribution is 2.29.